The minimum absolute atomic E-state index is 0.0831. The predicted molar refractivity (Wildman–Crippen MR) is 117 cm³/mol. The Balaban J connectivity index is 1.70. The fourth-order valence-corrected chi connectivity index (χ4v) is 4.16. The van der Waals surface area contributed by atoms with E-state index in [0.29, 0.717) is 24.5 Å². The number of hydrogen-bond acceptors (Lipinski definition) is 5. The molecule has 4 heterocycles. The third-order valence-corrected chi connectivity index (χ3v) is 5.57. The molecule has 0 bridgehead atoms. The van der Waals surface area contributed by atoms with E-state index in [2.05, 4.69) is 30.8 Å². The lowest BCUT2D eigenvalue weighted by atomic mass is 10.0. The first-order valence-corrected chi connectivity index (χ1v) is 10.2. The van der Waals surface area contributed by atoms with Gasteiger partial charge in [-0.15, -0.1) is 0 Å². The van der Waals surface area contributed by atoms with E-state index in [1.54, 1.807) is 12.4 Å². The first kappa shape index (κ1) is 20.0. The lowest BCUT2D eigenvalue weighted by Gasteiger charge is -2.28. The van der Waals surface area contributed by atoms with E-state index in [1.807, 2.05) is 48.8 Å². The molecule has 30 heavy (non-hydrogen) atoms. The number of aromatic nitrogens is 3. The van der Waals surface area contributed by atoms with Crippen LogP contribution in [0.15, 0.2) is 67.3 Å². The molecule has 1 aliphatic rings. The highest BCUT2D eigenvalue weighted by molar-refractivity contribution is 7.80. The van der Waals surface area contributed by atoms with Crippen molar-refractivity contribution >= 4 is 23.3 Å². The van der Waals surface area contributed by atoms with Crippen LogP contribution in [0.1, 0.15) is 36.3 Å². The van der Waals surface area contributed by atoms with Gasteiger partial charge in [0.2, 0.25) is 0 Å². The van der Waals surface area contributed by atoms with Crippen LogP contribution in [0.2, 0.25) is 0 Å². The molecule has 3 aromatic heterocycles. The van der Waals surface area contributed by atoms with Crippen molar-refractivity contribution < 1.29 is 9.53 Å². The number of carbonyl (C=O) groups is 1. The fraction of sp³-hybridized carbons (Fsp3) is 0.273. The van der Waals surface area contributed by atoms with Crippen molar-refractivity contribution in [3.63, 3.8) is 0 Å². The lowest BCUT2D eigenvalue weighted by Crippen LogP contribution is -2.31. The summed E-state index contributed by atoms with van der Waals surface area (Å²) in [5.41, 5.74) is 2.97. The maximum Gasteiger partial charge on any atom is 0.305 e. The summed E-state index contributed by atoms with van der Waals surface area (Å²) in [4.78, 5) is 22.6. The van der Waals surface area contributed by atoms with Crippen LogP contribution in [0, 0.1) is 0 Å². The minimum Gasteiger partial charge on any atom is -0.469 e. The third-order valence-electron chi connectivity index (χ3n) is 5.21. The normalized spacial score (nSPS) is 18.3. The molecular weight excluding hydrogens is 398 g/mol. The first-order valence-electron chi connectivity index (χ1n) is 9.81. The molecule has 0 radical (unpaired) electrons. The number of ether oxygens (including phenoxy) is 1. The molecule has 7 nitrogen and oxygen atoms in total. The number of hydrogen-bond donors (Lipinski definition) is 1. The molecule has 0 saturated carbocycles. The van der Waals surface area contributed by atoms with E-state index >= 15 is 0 Å². The van der Waals surface area contributed by atoms with Gasteiger partial charge in [0.15, 0.2) is 5.11 Å². The number of nitrogens with one attached hydrogen (secondary N) is 1. The number of nitrogens with zero attached hydrogens (tertiary/aromatic N) is 4. The quantitative estimate of drug-likeness (QED) is 0.464. The molecule has 0 amide bonds. The fourth-order valence-electron chi connectivity index (χ4n) is 3.83. The number of carbonyl (C=O) groups excluding carboxylic acids is 1. The molecule has 154 valence electrons. The van der Waals surface area contributed by atoms with E-state index in [-0.39, 0.29) is 18.1 Å². The van der Waals surface area contributed by atoms with Crippen molar-refractivity contribution in [3.05, 3.63) is 78.6 Å². The van der Waals surface area contributed by atoms with Crippen molar-refractivity contribution in [2.24, 2.45) is 0 Å². The number of esters is 1. The minimum atomic E-state index is -0.218. The molecule has 3 aromatic rings. The third kappa shape index (κ3) is 4.04. The van der Waals surface area contributed by atoms with Crippen molar-refractivity contribution in [1.82, 2.24) is 24.8 Å². The van der Waals surface area contributed by atoms with Gasteiger partial charge in [-0.2, -0.15) is 0 Å². The first-order chi connectivity index (χ1) is 14.7. The van der Waals surface area contributed by atoms with Gasteiger partial charge in [-0.1, -0.05) is 6.07 Å². The Morgan fingerprint density at radius 3 is 2.83 bits per heavy atom. The molecule has 1 fully saturated rings. The van der Waals surface area contributed by atoms with Crippen LogP contribution in [0.5, 0.6) is 0 Å². The van der Waals surface area contributed by atoms with Crippen molar-refractivity contribution in [3.8, 4) is 5.69 Å². The molecule has 8 heteroatoms. The van der Waals surface area contributed by atoms with Crippen LogP contribution < -0.4 is 5.32 Å². The summed E-state index contributed by atoms with van der Waals surface area (Å²) in [6, 6.07) is 13.7. The van der Waals surface area contributed by atoms with E-state index in [4.69, 9.17) is 17.0 Å². The molecule has 2 atom stereocenters. The zero-order chi connectivity index (χ0) is 20.9. The second kappa shape index (κ2) is 9.04. The van der Waals surface area contributed by atoms with Gasteiger partial charge >= 0.3 is 5.97 Å². The van der Waals surface area contributed by atoms with Gasteiger partial charge in [0.25, 0.3) is 0 Å². The van der Waals surface area contributed by atoms with Crippen LogP contribution >= 0.6 is 12.2 Å². The highest BCUT2D eigenvalue weighted by atomic mass is 32.1. The number of rotatable bonds is 7. The van der Waals surface area contributed by atoms with Gasteiger partial charge in [-0.05, 0) is 55.0 Å². The van der Waals surface area contributed by atoms with Gasteiger partial charge in [-0.3, -0.25) is 14.8 Å². The number of thiocarbonyl (C=S) groups is 1. The summed E-state index contributed by atoms with van der Waals surface area (Å²) in [5, 5.41) is 4.09. The smallest absolute Gasteiger partial charge is 0.305 e. The lowest BCUT2D eigenvalue weighted by molar-refractivity contribution is -0.140. The molecule has 0 unspecified atom stereocenters. The van der Waals surface area contributed by atoms with E-state index in [1.165, 1.54) is 7.11 Å². The number of pyridine rings is 2. The van der Waals surface area contributed by atoms with Crippen LogP contribution in [0.3, 0.4) is 0 Å². The second-order valence-electron chi connectivity index (χ2n) is 7.01. The molecule has 0 aliphatic carbocycles. The largest absolute Gasteiger partial charge is 0.469 e. The van der Waals surface area contributed by atoms with Crippen LogP contribution in [-0.4, -0.2) is 44.2 Å². The molecule has 0 aromatic carbocycles. The molecule has 1 saturated heterocycles. The molecule has 1 N–H and O–H groups in total. The highest BCUT2D eigenvalue weighted by Crippen LogP contribution is 2.39. The summed E-state index contributed by atoms with van der Waals surface area (Å²) in [6.07, 6.45) is 8.40. The topological polar surface area (TPSA) is 72.3 Å². The highest BCUT2D eigenvalue weighted by Gasteiger charge is 2.41. The van der Waals surface area contributed by atoms with Gasteiger partial charge in [0, 0.05) is 37.3 Å². The summed E-state index contributed by atoms with van der Waals surface area (Å²) >= 11 is 5.69. The van der Waals surface area contributed by atoms with E-state index < -0.39 is 0 Å². The van der Waals surface area contributed by atoms with Gasteiger partial charge in [0.05, 0.1) is 36.8 Å². The maximum atomic E-state index is 11.6. The van der Waals surface area contributed by atoms with Crippen LogP contribution in [-0.2, 0) is 9.53 Å². The van der Waals surface area contributed by atoms with Crippen LogP contribution in [0.4, 0.5) is 0 Å². The summed E-state index contributed by atoms with van der Waals surface area (Å²) in [6.45, 7) is 0.632. The average molecular weight is 422 g/mol. The summed E-state index contributed by atoms with van der Waals surface area (Å²) < 4.78 is 6.90. The monoisotopic (exact) mass is 421 g/mol. The molecule has 1 aliphatic heterocycles. The molecule has 4 rings (SSSR count). The van der Waals surface area contributed by atoms with Gasteiger partial charge < -0.3 is 19.5 Å². The van der Waals surface area contributed by atoms with Crippen molar-refractivity contribution in [2.75, 3.05) is 13.7 Å². The van der Waals surface area contributed by atoms with Crippen LogP contribution in [0.25, 0.3) is 5.69 Å². The van der Waals surface area contributed by atoms with Crippen molar-refractivity contribution in [2.45, 2.75) is 24.9 Å². The second-order valence-corrected chi connectivity index (χ2v) is 7.40. The van der Waals surface area contributed by atoms with E-state index in [0.717, 1.165) is 17.1 Å². The Labute approximate surface area is 180 Å². The summed E-state index contributed by atoms with van der Waals surface area (Å²) in [5.74, 6) is -0.218. The number of methoxy groups -OCH3 is 1. The maximum absolute atomic E-state index is 11.6. The molecule has 0 spiro atoms. The zero-order valence-electron chi connectivity index (χ0n) is 16.6. The zero-order valence-corrected chi connectivity index (χ0v) is 17.5. The van der Waals surface area contributed by atoms with Crippen molar-refractivity contribution in [1.29, 1.82) is 0 Å². The SMILES string of the molecule is COC(=O)CCCN1C(=S)N[C@@H](c2ccccn2)[C@@H]1c1cccn1-c1cccnc1. The Hall–Kier alpha value is -3.26. The predicted octanol–water partition coefficient (Wildman–Crippen LogP) is 3.19. The Kier molecular flexibility index (Phi) is 6.04. The standard InChI is InChI=1S/C22H23N5O2S/c1-29-19(28)10-6-14-27-21(20(25-22(27)30)17-8-2-3-12-24-17)18-9-5-13-26(18)16-7-4-11-23-15-16/h2-5,7-9,11-13,15,20-21H,6,10,14H2,1H3,(H,25,30)/t20-,21-/m0/s1. The van der Waals surface area contributed by atoms with Gasteiger partial charge in [-0.25, -0.2) is 0 Å². The Morgan fingerprint density at radius 2 is 2.10 bits per heavy atom. The average Bonchev–Trinajstić information content (AvgIpc) is 3.39. The van der Waals surface area contributed by atoms with Gasteiger partial charge in [0.1, 0.15) is 0 Å². The summed E-state index contributed by atoms with van der Waals surface area (Å²) in [7, 11) is 1.41. The van der Waals surface area contributed by atoms with E-state index in [9.17, 15) is 4.79 Å². The Bertz CT molecular complexity index is 1010. The Morgan fingerprint density at radius 1 is 1.20 bits per heavy atom. The molecular formula is C22H23N5O2S.